The predicted molar refractivity (Wildman–Crippen MR) is 104 cm³/mol. The van der Waals surface area contributed by atoms with Crippen molar-refractivity contribution >= 4 is 45.8 Å². The minimum absolute atomic E-state index is 0.00186. The molecule has 5 heteroatoms. The summed E-state index contributed by atoms with van der Waals surface area (Å²) in [5.41, 5.74) is 2.86. The van der Waals surface area contributed by atoms with E-state index < -0.39 is 0 Å². The molecule has 0 aliphatic carbocycles. The molecule has 1 heterocycles. The second-order valence-electron chi connectivity index (χ2n) is 5.92. The summed E-state index contributed by atoms with van der Waals surface area (Å²) in [5, 5.41) is 2.90. The van der Waals surface area contributed by atoms with Gasteiger partial charge in [-0.2, -0.15) is 0 Å². The number of carbonyl (C=O) groups excluding carboxylic acids is 2. The van der Waals surface area contributed by atoms with Gasteiger partial charge >= 0.3 is 0 Å². The van der Waals surface area contributed by atoms with E-state index in [1.54, 1.807) is 4.90 Å². The summed E-state index contributed by atoms with van der Waals surface area (Å²) in [6, 6.07) is 15.6. The van der Waals surface area contributed by atoms with Gasteiger partial charge in [0.05, 0.1) is 5.92 Å². The van der Waals surface area contributed by atoms with Crippen molar-refractivity contribution < 1.29 is 9.59 Å². The van der Waals surface area contributed by atoms with Gasteiger partial charge in [-0.15, -0.1) is 0 Å². The van der Waals surface area contributed by atoms with Crippen LogP contribution in [0.25, 0.3) is 0 Å². The predicted octanol–water partition coefficient (Wildman–Crippen LogP) is 3.85. The van der Waals surface area contributed by atoms with E-state index in [0.29, 0.717) is 6.54 Å². The summed E-state index contributed by atoms with van der Waals surface area (Å²) in [4.78, 5) is 26.4. The number of carbonyl (C=O) groups is 2. The molecule has 1 saturated heterocycles. The molecule has 4 nitrogen and oxygen atoms in total. The van der Waals surface area contributed by atoms with Crippen molar-refractivity contribution in [3.8, 4) is 0 Å². The third-order valence-electron chi connectivity index (χ3n) is 4.26. The summed E-state index contributed by atoms with van der Waals surface area (Å²) in [7, 11) is 0. The maximum absolute atomic E-state index is 12.4. The zero-order chi connectivity index (χ0) is 17.1. The molecule has 2 amide bonds. The summed E-state index contributed by atoms with van der Waals surface area (Å²) < 4.78 is 1.11. The van der Waals surface area contributed by atoms with E-state index in [4.69, 9.17) is 0 Å². The maximum Gasteiger partial charge on any atom is 0.229 e. The number of rotatable bonds is 4. The van der Waals surface area contributed by atoms with E-state index in [1.165, 1.54) is 5.56 Å². The van der Waals surface area contributed by atoms with E-state index >= 15 is 0 Å². The van der Waals surface area contributed by atoms with Gasteiger partial charge in [0.15, 0.2) is 0 Å². The normalized spacial score (nSPS) is 17.2. The van der Waals surface area contributed by atoms with E-state index in [1.807, 2.05) is 48.5 Å². The first-order valence-corrected chi connectivity index (χ1v) is 9.10. The number of hydrogen-bond donors (Lipinski definition) is 1. The van der Waals surface area contributed by atoms with Crippen LogP contribution in [0.4, 0.5) is 11.4 Å². The van der Waals surface area contributed by atoms with Crippen LogP contribution in [0, 0.1) is 9.49 Å². The average molecular weight is 434 g/mol. The number of aryl methyl sites for hydroxylation is 1. The molecule has 0 spiro atoms. The Labute approximate surface area is 155 Å². The van der Waals surface area contributed by atoms with Crippen molar-refractivity contribution in [1.29, 1.82) is 0 Å². The molecular weight excluding hydrogens is 415 g/mol. The molecule has 24 heavy (non-hydrogen) atoms. The highest BCUT2D eigenvalue weighted by atomic mass is 127. The Bertz CT molecular complexity index is 741. The monoisotopic (exact) mass is 434 g/mol. The van der Waals surface area contributed by atoms with E-state index in [-0.39, 0.29) is 24.2 Å². The van der Waals surface area contributed by atoms with Crippen molar-refractivity contribution in [2.75, 3.05) is 16.8 Å². The topological polar surface area (TPSA) is 49.4 Å². The molecule has 0 bridgehead atoms. The summed E-state index contributed by atoms with van der Waals surface area (Å²) in [6.45, 7) is 2.53. The molecule has 1 unspecified atom stereocenters. The SMILES string of the molecule is CCc1ccc(N2CC(C(=O)Nc3ccc(I)cc3)CC2=O)cc1. The van der Waals surface area contributed by atoms with Gasteiger partial charge in [-0.25, -0.2) is 0 Å². The number of amides is 2. The summed E-state index contributed by atoms with van der Waals surface area (Å²) in [5.74, 6) is -0.415. The Morgan fingerprint density at radius 3 is 2.46 bits per heavy atom. The number of anilines is 2. The van der Waals surface area contributed by atoms with Gasteiger partial charge in [-0.05, 0) is 71.0 Å². The van der Waals surface area contributed by atoms with Crippen LogP contribution in [-0.4, -0.2) is 18.4 Å². The van der Waals surface area contributed by atoms with Crippen molar-refractivity contribution in [1.82, 2.24) is 0 Å². The summed E-state index contributed by atoms with van der Waals surface area (Å²) >= 11 is 2.22. The number of nitrogens with zero attached hydrogens (tertiary/aromatic N) is 1. The van der Waals surface area contributed by atoms with Gasteiger partial charge in [0, 0.05) is 27.9 Å². The molecule has 124 valence electrons. The lowest BCUT2D eigenvalue weighted by molar-refractivity contribution is -0.122. The average Bonchev–Trinajstić information content (AvgIpc) is 2.99. The molecule has 0 saturated carbocycles. The first-order valence-electron chi connectivity index (χ1n) is 8.02. The lowest BCUT2D eigenvalue weighted by Crippen LogP contribution is -2.28. The third kappa shape index (κ3) is 3.77. The second kappa shape index (κ2) is 7.34. The summed E-state index contributed by atoms with van der Waals surface area (Å²) in [6.07, 6.45) is 1.22. The Morgan fingerprint density at radius 2 is 1.83 bits per heavy atom. The highest BCUT2D eigenvalue weighted by Gasteiger charge is 2.35. The van der Waals surface area contributed by atoms with Crippen LogP contribution in [0.1, 0.15) is 18.9 Å². The largest absolute Gasteiger partial charge is 0.326 e. The van der Waals surface area contributed by atoms with Crippen molar-refractivity contribution in [2.45, 2.75) is 19.8 Å². The highest BCUT2D eigenvalue weighted by Crippen LogP contribution is 2.26. The molecule has 0 radical (unpaired) electrons. The quantitative estimate of drug-likeness (QED) is 0.744. The van der Waals surface area contributed by atoms with Crippen molar-refractivity contribution in [2.24, 2.45) is 5.92 Å². The molecule has 1 fully saturated rings. The molecule has 1 N–H and O–H groups in total. The van der Waals surface area contributed by atoms with E-state index in [2.05, 4.69) is 34.8 Å². The molecule has 2 aromatic rings. The molecule has 1 aliphatic rings. The van der Waals surface area contributed by atoms with E-state index in [0.717, 1.165) is 21.4 Å². The molecule has 0 aromatic heterocycles. The first-order chi connectivity index (χ1) is 11.6. The number of hydrogen-bond acceptors (Lipinski definition) is 2. The van der Waals surface area contributed by atoms with Gasteiger partial charge < -0.3 is 10.2 Å². The zero-order valence-corrected chi connectivity index (χ0v) is 15.6. The van der Waals surface area contributed by atoms with Crippen LogP contribution in [0.5, 0.6) is 0 Å². The molecular formula is C19H19IN2O2. The van der Waals surface area contributed by atoms with Crippen LogP contribution in [0.3, 0.4) is 0 Å². The Balaban J connectivity index is 1.67. The van der Waals surface area contributed by atoms with E-state index in [9.17, 15) is 9.59 Å². The third-order valence-corrected chi connectivity index (χ3v) is 4.98. The minimum atomic E-state index is -0.317. The fourth-order valence-corrected chi connectivity index (χ4v) is 3.18. The Hall–Kier alpha value is -1.89. The smallest absolute Gasteiger partial charge is 0.229 e. The maximum atomic E-state index is 12.4. The number of halogens is 1. The first kappa shape index (κ1) is 17.0. The minimum Gasteiger partial charge on any atom is -0.326 e. The Morgan fingerprint density at radius 1 is 1.17 bits per heavy atom. The molecule has 2 aromatic carbocycles. The van der Waals surface area contributed by atoms with Crippen molar-refractivity contribution in [3.05, 3.63) is 57.7 Å². The van der Waals surface area contributed by atoms with Gasteiger partial charge in [0.2, 0.25) is 11.8 Å². The Kier molecular flexibility index (Phi) is 5.18. The van der Waals surface area contributed by atoms with Crippen LogP contribution in [0.15, 0.2) is 48.5 Å². The van der Waals surface area contributed by atoms with Crippen LogP contribution in [0.2, 0.25) is 0 Å². The van der Waals surface area contributed by atoms with Gasteiger partial charge in [-0.3, -0.25) is 9.59 Å². The molecule has 3 rings (SSSR count). The fraction of sp³-hybridized carbons (Fsp3) is 0.263. The molecule has 1 atom stereocenters. The standard InChI is InChI=1S/C19H19IN2O2/c1-2-13-3-9-17(10-4-13)22-12-14(11-18(22)23)19(24)21-16-7-5-15(20)6-8-16/h3-10,14H,2,11-12H2,1H3,(H,21,24). The fourth-order valence-electron chi connectivity index (χ4n) is 2.82. The van der Waals surface area contributed by atoms with Gasteiger partial charge in [0.1, 0.15) is 0 Å². The highest BCUT2D eigenvalue weighted by molar-refractivity contribution is 14.1. The van der Waals surface area contributed by atoms with Gasteiger partial charge in [-0.1, -0.05) is 19.1 Å². The zero-order valence-electron chi connectivity index (χ0n) is 13.5. The lowest BCUT2D eigenvalue weighted by atomic mass is 10.1. The van der Waals surface area contributed by atoms with Crippen molar-refractivity contribution in [3.63, 3.8) is 0 Å². The number of nitrogens with one attached hydrogen (secondary N) is 1. The second-order valence-corrected chi connectivity index (χ2v) is 7.17. The lowest BCUT2D eigenvalue weighted by Gasteiger charge is -2.17. The number of benzene rings is 2. The van der Waals surface area contributed by atoms with Crippen LogP contribution in [-0.2, 0) is 16.0 Å². The van der Waals surface area contributed by atoms with Gasteiger partial charge in [0.25, 0.3) is 0 Å². The van der Waals surface area contributed by atoms with Crippen LogP contribution < -0.4 is 10.2 Å². The molecule has 1 aliphatic heterocycles. The van der Waals surface area contributed by atoms with Crippen LogP contribution >= 0.6 is 22.6 Å².